The van der Waals surface area contributed by atoms with Crippen molar-refractivity contribution in [3.63, 3.8) is 0 Å². The second-order valence-electron chi connectivity index (χ2n) is 32.3. The average Bonchev–Trinajstić information content (AvgIpc) is 1.69. The van der Waals surface area contributed by atoms with Crippen molar-refractivity contribution < 1.29 is 55.9 Å². The summed E-state index contributed by atoms with van der Waals surface area (Å²) in [5.41, 5.74) is 3.49. The van der Waals surface area contributed by atoms with E-state index < -0.39 is 91.2 Å². The van der Waals surface area contributed by atoms with E-state index in [-0.39, 0.29) is 23.3 Å². The number of nitrogens with one attached hydrogen (secondary N) is 2. The Morgan fingerprint density at radius 2 is 0.624 bits per heavy atom. The maximum Gasteiger partial charge on any atom is 0.351 e. The molecule has 4 heterocycles. The van der Waals surface area contributed by atoms with Gasteiger partial charge >= 0.3 is 11.4 Å². The van der Waals surface area contributed by atoms with Crippen LogP contribution < -0.4 is 41.0 Å². The molecule has 125 heavy (non-hydrogen) atoms. The maximum atomic E-state index is 18.0. The van der Waals surface area contributed by atoms with Crippen molar-refractivity contribution in [2.24, 2.45) is 0 Å². The normalized spacial score (nSPS) is 17.9. The fourth-order valence-electron chi connectivity index (χ4n) is 16.6. The van der Waals surface area contributed by atoms with E-state index in [0.29, 0.717) is 46.0 Å². The number of benzene rings is 12. The van der Waals surface area contributed by atoms with Crippen molar-refractivity contribution in [2.75, 3.05) is 45.7 Å². The first-order valence-electron chi connectivity index (χ1n) is 41.5. The third-order valence-electron chi connectivity index (χ3n) is 24.1. The van der Waals surface area contributed by atoms with Crippen LogP contribution in [0.5, 0.6) is 23.0 Å². The molecule has 636 valence electrons. The molecule has 18 nitrogen and oxygen atoms in total. The molecule has 0 radical (unpaired) electrons. The number of aromatic nitrogens is 4. The smallest absolute Gasteiger partial charge is 0.351 e. The predicted octanol–water partition coefficient (Wildman–Crippen LogP) is 19.8. The monoisotopic (exact) mass is 1690 g/mol. The summed E-state index contributed by atoms with van der Waals surface area (Å²) in [5, 5.41) is 7.11. The summed E-state index contributed by atoms with van der Waals surface area (Å²) in [6, 6.07) is 112. The summed E-state index contributed by atoms with van der Waals surface area (Å²) in [4.78, 5) is 50.4. The predicted molar refractivity (Wildman–Crippen MR) is 484 cm³/mol. The number of carbonyl (C=O) groups excluding carboxylic acids is 1. The Labute approximate surface area is 728 Å². The highest BCUT2D eigenvalue weighted by Crippen LogP contribution is 2.51. The molecule has 2 saturated heterocycles. The first kappa shape index (κ1) is 86.7. The van der Waals surface area contributed by atoms with Crippen LogP contribution in [0.25, 0.3) is 0 Å². The van der Waals surface area contributed by atoms with Gasteiger partial charge in [0.1, 0.15) is 81.3 Å². The number of aldehydes is 1. The zero-order chi connectivity index (χ0) is 87.4. The Morgan fingerprint density at radius 1 is 0.368 bits per heavy atom. The molecule has 8 atom stereocenters. The number of methoxy groups -OCH3 is 4. The molecule has 2 N–H and O–H groups in total. The van der Waals surface area contributed by atoms with E-state index in [1.807, 2.05) is 328 Å². The highest BCUT2D eigenvalue weighted by molar-refractivity contribution is 6.74. The molecule has 12 aromatic carbocycles. The van der Waals surface area contributed by atoms with Gasteiger partial charge in [0.15, 0.2) is 39.4 Å². The molecule has 21 heteroatoms. The molecule has 0 bridgehead atoms. The zero-order valence-corrected chi connectivity index (χ0v) is 72.0. The number of alkyl halides is 2. The SMILES string of the molecule is COc1ccc(C(Nc2ccn(C3O[C@H](C=O)[C@@H](OC(c4ccccc4)(c4ccccc4)c4ccc(OC)cc4)[C@H]3F)c(=O)n2)(c2ccccc2)c2ccccc2)cc1.COc1ccc(C(Nc2ccn(C3O[C@H](CO[Si](C)(C)C(C)(C)C)[C@@H](OC(c4ccccc4)(c4ccccc4)c4ccc(OC)cc4)[C@H]3F)c(=O)n2)(c2ccccc2)c2ccccc2)cc1. The Hall–Kier alpha value is -13.3. The summed E-state index contributed by atoms with van der Waals surface area (Å²) >= 11 is 0. The van der Waals surface area contributed by atoms with Crippen LogP contribution in [0.2, 0.25) is 18.1 Å². The highest BCUT2D eigenvalue weighted by Gasteiger charge is 2.56. The fraction of sp³-hybridized carbons (Fsp3) is 0.221. The fourth-order valence-corrected chi connectivity index (χ4v) is 17.6. The lowest BCUT2D eigenvalue weighted by molar-refractivity contribution is -0.131. The van der Waals surface area contributed by atoms with Gasteiger partial charge in [0.05, 0.1) is 35.0 Å². The lowest BCUT2D eigenvalue weighted by Crippen LogP contribution is -2.47. The van der Waals surface area contributed by atoms with E-state index in [1.54, 1.807) is 58.9 Å². The molecule has 0 spiro atoms. The van der Waals surface area contributed by atoms with Gasteiger partial charge in [-0.15, -0.1) is 0 Å². The number of halogens is 2. The van der Waals surface area contributed by atoms with Crippen LogP contribution in [-0.2, 0) is 50.4 Å². The third-order valence-corrected chi connectivity index (χ3v) is 28.6. The number of rotatable bonds is 30. The Bertz CT molecular complexity index is 5820. The second kappa shape index (κ2) is 37.8. The number of hydrogen-bond acceptors (Lipinski definition) is 16. The summed E-state index contributed by atoms with van der Waals surface area (Å²) < 4.78 is 93.4. The number of ether oxygens (including phenoxy) is 8. The van der Waals surface area contributed by atoms with Crippen LogP contribution >= 0.6 is 0 Å². The van der Waals surface area contributed by atoms with Crippen LogP contribution in [0.1, 0.15) is 100.0 Å². The van der Waals surface area contributed by atoms with E-state index >= 15 is 8.78 Å². The quantitative estimate of drug-likeness (QED) is 0.0245. The summed E-state index contributed by atoms with van der Waals surface area (Å²) in [6.45, 7) is 10.8. The minimum absolute atomic E-state index is 0.0424. The van der Waals surface area contributed by atoms with Crippen molar-refractivity contribution in [2.45, 2.75) is 110 Å². The first-order valence-corrected chi connectivity index (χ1v) is 44.4. The molecule has 2 unspecified atom stereocenters. The van der Waals surface area contributed by atoms with Gasteiger partial charge in [-0.05, 0) is 146 Å². The minimum atomic E-state index is -2.39. The van der Waals surface area contributed by atoms with Crippen LogP contribution in [-0.4, -0.2) is 106 Å². The van der Waals surface area contributed by atoms with Gasteiger partial charge in [-0.3, -0.25) is 9.13 Å². The number of nitrogens with zero attached hydrogens (tertiary/aromatic N) is 4. The molecular formula is C104H100F2N6O12Si. The minimum Gasteiger partial charge on any atom is -0.497 e. The number of carbonyl (C=O) groups is 1. The maximum absolute atomic E-state index is 18.0. The van der Waals surface area contributed by atoms with Gasteiger partial charge in [-0.1, -0.05) is 312 Å². The lowest BCUT2D eigenvalue weighted by Gasteiger charge is -2.40. The van der Waals surface area contributed by atoms with E-state index in [2.05, 4.69) is 54.5 Å². The number of hydrogen-bond donors (Lipinski definition) is 2. The molecular weight excluding hydrogens is 1590 g/mol. The Balaban J connectivity index is 0.000000194. The average molecular weight is 1690 g/mol. The molecule has 2 aliphatic heterocycles. The molecule has 2 aliphatic rings. The lowest BCUT2D eigenvalue weighted by atomic mass is 9.77. The van der Waals surface area contributed by atoms with Crippen LogP contribution in [0, 0.1) is 0 Å². The first-order chi connectivity index (χ1) is 60.7. The molecule has 16 rings (SSSR count). The second-order valence-corrected chi connectivity index (χ2v) is 37.1. The van der Waals surface area contributed by atoms with Crippen molar-refractivity contribution in [3.8, 4) is 23.0 Å². The van der Waals surface area contributed by atoms with Crippen molar-refractivity contribution in [1.82, 2.24) is 19.1 Å². The third kappa shape index (κ3) is 17.5. The van der Waals surface area contributed by atoms with E-state index in [9.17, 15) is 14.4 Å². The van der Waals surface area contributed by atoms with E-state index in [4.69, 9.17) is 42.3 Å². The topological polar surface area (TPSA) is 194 Å². The standard InChI is InChI=1S/C55H58FN3O6Si.C49H42FN3O6/c1-53(2,3)66(6,7)63-38-47-50(65-55(42-24-16-10-17-25-42,43-26-18-11-19-27-43)44-30-34-46(62-5)35-31-44)49(56)51(64-47)59-37-36-48(57-52(59)60)58-54(39-20-12-8-13-21-39,40-22-14-9-15-23-40)41-28-32-45(61-4)33-29-41;1-56-40-27-23-36(24-28-40)48(34-15-7-3-8-16-34,35-17-9-4-10-18-35)52-43-31-32-53(47(55)51-43)46-44(50)45(42(33-54)58-46)59-49(37-19-11-5-12-20-37,38-21-13-6-14-22-38)39-25-29-41(57-2)30-26-39/h8-37,47,49-51H,38H2,1-7H3,(H,57,58,60);3-33,42,44-46H,1-2H3,(H,51,52,55)/t47-,49-,50-,51?;42-,44-,45-,46?/m11/s1. The van der Waals surface area contributed by atoms with Gasteiger partial charge in [-0.25, -0.2) is 18.4 Å². The Kier molecular flexibility index (Phi) is 26.2. The van der Waals surface area contributed by atoms with E-state index in [0.717, 1.165) is 54.6 Å². The van der Waals surface area contributed by atoms with Crippen molar-refractivity contribution in [3.05, 3.63) is 452 Å². The van der Waals surface area contributed by atoms with Gasteiger partial charge < -0.3 is 57.7 Å². The Morgan fingerprint density at radius 3 is 0.904 bits per heavy atom. The highest BCUT2D eigenvalue weighted by atomic mass is 28.4. The van der Waals surface area contributed by atoms with Crippen LogP contribution in [0.3, 0.4) is 0 Å². The van der Waals surface area contributed by atoms with Crippen LogP contribution in [0.4, 0.5) is 20.4 Å². The molecule has 2 aromatic heterocycles. The zero-order valence-electron chi connectivity index (χ0n) is 71.0. The van der Waals surface area contributed by atoms with Gasteiger partial charge in [0, 0.05) is 12.4 Å². The molecule has 2 fully saturated rings. The largest absolute Gasteiger partial charge is 0.497 e. The summed E-state index contributed by atoms with van der Waals surface area (Å²) in [5.74, 6) is 3.20. The summed E-state index contributed by atoms with van der Waals surface area (Å²) in [6.07, 6.45) is -8.20. The van der Waals surface area contributed by atoms with Crippen molar-refractivity contribution >= 4 is 26.2 Å². The molecule has 0 aliphatic carbocycles. The van der Waals surface area contributed by atoms with Crippen molar-refractivity contribution in [1.29, 1.82) is 0 Å². The molecule has 0 amide bonds. The van der Waals surface area contributed by atoms with E-state index in [1.165, 1.54) is 10.8 Å². The molecule has 14 aromatic rings. The van der Waals surface area contributed by atoms with Gasteiger partial charge in [-0.2, -0.15) is 9.97 Å². The molecule has 0 saturated carbocycles. The van der Waals surface area contributed by atoms with Crippen LogP contribution in [0.15, 0.2) is 374 Å². The number of anilines is 2. The summed E-state index contributed by atoms with van der Waals surface area (Å²) in [7, 11) is 4.05. The van der Waals surface area contributed by atoms with Gasteiger partial charge in [0.2, 0.25) is 0 Å². The van der Waals surface area contributed by atoms with Gasteiger partial charge in [0.25, 0.3) is 0 Å².